The van der Waals surface area contributed by atoms with Gasteiger partial charge in [0.15, 0.2) is 5.82 Å². The van der Waals surface area contributed by atoms with E-state index in [1.54, 1.807) is 12.1 Å². The van der Waals surface area contributed by atoms with E-state index in [1.165, 1.54) is 13.3 Å². The molecule has 0 amide bonds. The summed E-state index contributed by atoms with van der Waals surface area (Å²) in [7, 11) is -2.09. The van der Waals surface area contributed by atoms with Crippen molar-refractivity contribution in [3.8, 4) is 17.3 Å². The molecule has 22 heavy (non-hydrogen) atoms. The van der Waals surface area contributed by atoms with Crippen LogP contribution in [0.3, 0.4) is 0 Å². The highest BCUT2D eigenvalue weighted by Gasteiger charge is 2.17. The topological polar surface area (TPSA) is 138 Å². The second kappa shape index (κ2) is 4.87. The molecular formula is C11H11N7O3S. The van der Waals surface area contributed by atoms with Crippen LogP contribution in [0.1, 0.15) is 0 Å². The smallest absolute Gasteiger partial charge is 0.258 e. The number of sulfone groups is 1. The van der Waals surface area contributed by atoms with Crippen molar-refractivity contribution < 1.29 is 13.2 Å². The molecule has 0 bridgehead atoms. The van der Waals surface area contributed by atoms with E-state index in [-0.39, 0.29) is 11.7 Å². The number of nitrogens with two attached hydrogens (primary N) is 1. The van der Waals surface area contributed by atoms with E-state index in [0.717, 1.165) is 10.8 Å². The predicted octanol–water partition coefficient (Wildman–Crippen LogP) is -0.424. The quantitative estimate of drug-likeness (QED) is 0.681. The molecule has 0 spiro atoms. The molecule has 11 heteroatoms. The van der Waals surface area contributed by atoms with Gasteiger partial charge in [0.05, 0.1) is 7.11 Å². The van der Waals surface area contributed by atoms with Gasteiger partial charge in [0, 0.05) is 24.1 Å². The number of aromatic nitrogens is 6. The van der Waals surface area contributed by atoms with Crippen molar-refractivity contribution in [1.29, 1.82) is 0 Å². The van der Waals surface area contributed by atoms with Crippen LogP contribution in [-0.4, -0.2) is 51.3 Å². The number of methoxy groups -OCH3 is 1. The summed E-state index contributed by atoms with van der Waals surface area (Å²) in [5.41, 5.74) is 6.30. The van der Waals surface area contributed by atoms with Crippen molar-refractivity contribution in [2.45, 2.75) is 5.16 Å². The molecular weight excluding hydrogens is 310 g/mol. The van der Waals surface area contributed by atoms with Crippen LogP contribution in [0.4, 0.5) is 5.95 Å². The number of rotatable bonds is 3. The lowest BCUT2D eigenvalue weighted by molar-refractivity contribution is 0.398. The Kier molecular flexibility index (Phi) is 3.13. The summed E-state index contributed by atoms with van der Waals surface area (Å²) in [6, 6.07) is 3.36. The Hall–Kier alpha value is -2.82. The van der Waals surface area contributed by atoms with Crippen LogP contribution in [0.15, 0.2) is 23.5 Å². The number of nitrogens with zero attached hydrogens (tertiary/aromatic N) is 6. The zero-order chi connectivity index (χ0) is 15.9. The minimum absolute atomic E-state index is 0.0405. The number of nitrogen functional groups attached to an aromatic ring is 1. The number of hydrogen-bond acceptors (Lipinski definition) is 9. The number of anilines is 1. The van der Waals surface area contributed by atoms with E-state index in [1.807, 2.05) is 0 Å². The lowest BCUT2D eigenvalue weighted by Gasteiger charge is -1.99. The van der Waals surface area contributed by atoms with Gasteiger partial charge < -0.3 is 10.5 Å². The maximum atomic E-state index is 11.5. The molecule has 114 valence electrons. The van der Waals surface area contributed by atoms with Gasteiger partial charge in [-0.3, -0.25) is 0 Å². The van der Waals surface area contributed by atoms with Crippen LogP contribution in [-0.2, 0) is 9.84 Å². The zero-order valence-electron chi connectivity index (χ0n) is 11.6. The minimum Gasteiger partial charge on any atom is -0.481 e. The largest absolute Gasteiger partial charge is 0.481 e. The maximum Gasteiger partial charge on any atom is 0.258 e. The normalized spacial score (nSPS) is 11.7. The number of ether oxygens (including phenoxy) is 1. The highest BCUT2D eigenvalue weighted by molar-refractivity contribution is 7.90. The first-order chi connectivity index (χ1) is 10.4. The monoisotopic (exact) mass is 321 g/mol. The van der Waals surface area contributed by atoms with Gasteiger partial charge in [0.2, 0.25) is 21.7 Å². The minimum atomic E-state index is -3.59. The summed E-state index contributed by atoms with van der Waals surface area (Å²) < 4.78 is 29.2. The Bertz CT molecular complexity index is 950. The Balaban J connectivity index is 2.14. The number of fused-ring (bicyclic) bond motifs is 1. The Morgan fingerprint density at radius 1 is 1.23 bits per heavy atom. The average molecular weight is 321 g/mol. The first-order valence-corrected chi connectivity index (χ1v) is 7.88. The fraction of sp³-hybridized carbons (Fsp3) is 0.182. The molecule has 0 saturated heterocycles. The summed E-state index contributed by atoms with van der Waals surface area (Å²) >= 11 is 0. The van der Waals surface area contributed by atoms with Crippen LogP contribution in [0.2, 0.25) is 0 Å². The van der Waals surface area contributed by atoms with Crippen molar-refractivity contribution in [3.63, 3.8) is 0 Å². The van der Waals surface area contributed by atoms with Gasteiger partial charge in [-0.1, -0.05) is 0 Å². The lowest BCUT2D eigenvalue weighted by Crippen LogP contribution is -2.11. The van der Waals surface area contributed by atoms with Gasteiger partial charge in [-0.25, -0.2) is 13.4 Å². The van der Waals surface area contributed by atoms with Crippen molar-refractivity contribution in [2.24, 2.45) is 0 Å². The number of pyridine rings is 1. The third-order valence-electron chi connectivity index (χ3n) is 2.75. The Labute approximate surface area is 124 Å². The van der Waals surface area contributed by atoms with Gasteiger partial charge in [0.25, 0.3) is 10.9 Å². The summed E-state index contributed by atoms with van der Waals surface area (Å²) in [6.07, 6.45) is 2.51. The molecule has 0 aliphatic rings. The van der Waals surface area contributed by atoms with E-state index in [2.05, 4.69) is 25.0 Å². The number of hydrogen-bond donors (Lipinski definition) is 1. The third-order valence-corrected chi connectivity index (χ3v) is 3.59. The zero-order valence-corrected chi connectivity index (χ0v) is 12.4. The highest BCUT2D eigenvalue weighted by Crippen LogP contribution is 2.18. The van der Waals surface area contributed by atoms with E-state index >= 15 is 0 Å². The molecule has 3 rings (SSSR count). The second-order valence-corrected chi connectivity index (χ2v) is 6.28. The summed E-state index contributed by atoms with van der Waals surface area (Å²) in [4.78, 5) is 15.8. The van der Waals surface area contributed by atoms with Crippen LogP contribution >= 0.6 is 0 Å². The first kappa shape index (κ1) is 14.1. The average Bonchev–Trinajstić information content (AvgIpc) is 2.91. The second-order valence-electron chi connectivity index (χ2n) is 4.37. The van der Waals surface area contributed by atoms with Gasteiger partial charge in [-0.05, 0) is 6.07 Å². The van der Waals surface area contributed by atoms with Crippen LogP contribution in [0, 0.1) is 0 Å². The Morgan fingerprint density at radius 3 is 2.59 bits per heavy atom. The van der Waals surface area contributed by atoms with Crippen LogP contribution < -0.4 is 10.5 Å². The van der Waals surface area contributed by atoms with Gasteiger partial charge >= 0.3 is 0 Å². The molecule has 0 aliphatic carbocycles. The summed E-state index contributed by atoms with van der Waals surface area (Å²) in [5.74, 6) is 0.664. The van der Waals surface area contributed by atoms with E-state index in [9.17, 15) is 8.42 Å². The fourth-order valence-electron chi connectivity index (χ4n) is 1.71. The molecule has 3 aromatic rings. The van der Waals surface area contributed by atoms with Crippen LogP contribution in [0.5, 0.6) is 5.88 Å². The molecule has 0 saturated carbocycles. The van der Waals surface area contributed by atoms with Crippen molar-refractivity contribution in [2.75, 3.05) is 19.1 Å². The standard InChI is InChI=1S/C11H11N7O3S/c1-21-7-4-3-6(5-13-7)8-14-10-16-11(22(2,19)20)15-9(12)18(10)17-8/h3-5H,1-2H3,(H2,12,14,15,16,17). The van der Waals surface area contributed by atoms with Crippen molar-refractivity contribution >= 4 is 21.6 Å². The van der Waals surface area contributed by atoms with Gasteiger partial charge in [0.1, 0.15) is 0 Å². The van der Waals surface area contributed by atoms with Crippen LogP contribution in [0.25, 0.3) is 17.2 Å². The third kappa shape index (κ3) is 2.41. The van der Waals surface area contributed by atoms with E-state index in [4.69, 9.17) is 10.5 Å². The predicted molar refractivity (Wildman–Crippen MR) is 75.9 cm³/mol. The van der Waals surface area contributed by atoms with Crippen molar-refractivity contribution in [3.05, 3.63) is 18.3 Å². The van der Waals surface area contributed by atoms with Gasteiger partial charge in [-0.2, -0.15) is 19.5 Å². The molecule has 0 aromatic carbocycles. The summed E-state index contributed by atoms with van der Waals surface area (Å²) in [6.45, 7) is 0. The molecule has 0 atom stereocenters. The Morgan fingerprint density at radius 2 is 2.00 bits per heavy atom. The molecule has 10 nitrogen and oxygen atoms in total. The molecule has 2 N–H and O–H groups in total. The maximum absolute atomic E-state index is 11.5. The fourth-order valence-corrected chi connectivity index (χ4v) is 2.21. The molecule has 3 aromatic heterocycles. The highest BCUT2D eigenvalue weighted by atomic mass is 32.2. The van der Waals surface area contributed by atoms with Gasteiger partial charge in [-0.15, -0.1) is 5.10 Å². The van der Waals surface area contributed by atoms with Crippen molar-refractivity contribution in [1.82, 2.24) is 29.5 Å². The SMILES string of the molecule is COc1ccc(-c2nc3nc(S(C)(=O)=O)nc(N)n3n2)cn1. The molecule has 3 heterocycles. The van der Waals surface area contributed by atoms with E-state index < -0.39 is 15.0 Å². The first-order valence-electron chi connectivity index (χ1n) is 5.99. The molecule has 0 radical (unpaired) electrons. The lowest BCUT2D eigenvalue weighted by atomic mass is 10.3. The summed E-state index contributed by atoms with van der Waals surface area (Å²) in [5, 5.41) is 3.74. The molecule has 0 fully saturated rings. The molecule has 0 unspecified atom stereocenters. The van der Waals surface area contributed by atoms with E-state index in [0.29, 0.717) is 17.3 Å². The molecule has 0 aliphatic heterocycles.